The lowest BCUT2D eigenvalue weighted by atomic mass is 10.0. The average molecular weight is 330 g/mol. The summed E-state index contributed by atoms with van der Waals surface area (Å²) in [5.41, 5.74) is 1.65. The van der Waals surface area contributed by atoms with Gasteiger partial charge in [0.25, 0.3) is 0 Å². The van der Waals surface area contributed by atoms with Gasteiger partial charge in [0, 0.05) is 12.1 Å². The molecule has 0 fully saturated rings. The van der Waals surface area contributed by atoms with Crippen LogP contribution in [0.25, 0.3) is 0 Å². The number of hydrogen-bond donors (Lipinski definition) is 1. The van der Waals surface area contributed by atoms with Crippen molar-refractivity contribution < 1.29 is 8.78 Å². The molecule has 0 aliphatic heterocycles. The van der Waals surface area contributed by atoms with Gasteiger partial charge in [-0.1, -0.05) is 35.3 Å². The zero-order valence-electron chi connectivity index (χ0n) is 11.6. The summed E-state index contributed by atoms with van der Waals surface area (Å²) in [4.78, 5) is 0. The van der Waals surface area contributed by atoms with E-state index in [9.17, 15) is 8.78 Å². The fourth-order valence-corrected chi connectivity index (χ4v) is 2.44. The van der Waals surface area contributed by atoms with Crippen LogP contribution in [0, 0.1) is 11.6 Å². The third-order valence-corrected chi connectivity index (χ3v) is 4.13. The van der Waals surface area contributed by atoms with Gasteiger partial charge >= 0.3 is 0 Å². The topological polar surface area (TPSA) is 12.0 Å². The van der Waals surface area contributed by atoms with Crippen molar-refractivity contribution in [3.05, 3.63) is 69.2 Å². The van der Waals surface area contributed by atoms with Gasteiger partial charge in [-0.05, 0) is 49.2 Å². The summed E-state index contributed by atoms with van der Waals surface area (Å²) in [5, 5.41) is 4.31. The molecule has 0 aliphatic carbocycles. The minimum Gasteiger partial charge on any atom is -0.304 e. The second-order valence-electron chi connectivity index (χ2n) is 4.96. The zero-order valence-corrected chi connectivity index (χ0v) is 13.1. The van der Waals surface area contributed by atoms with Crippen molar-refractivity contribution in [2.75, 3.05) is 0 Å². The summed E-state index contributed by atoms with van der Waals surface area (Å²) in [7, 11) is 0. The van der Waals surface area contributed by atoms with Gasteiger partial charge in [-0.3, -0.25) is 0 Å². The Morgan fingerprint density at radius 1 is 0.810 bits per heavy atom. The number of hydrogen-bond acceptors (Lipinski definition) is 1. The first-order chi connectivity index (χ1) is 9.88. The summed E-state index contributed by atoms with van der Waals surface area (Å²) < 4.78 is 26.2. The molecule has 0 spiro atoms. The van der Waals surface area contributed by atoms with E-state index in [1.807, 2.05) is 19.9 Å². The number of rotatable bonds is 4. The van der Waals surface area contributed by atoms with E-state index in [-0.39, 0.29) is 12.1 Å². The minimum absolute atomic E-state index is 0.0112. The zero-order chi connectivity index (χ0) is 15.6. The highest BCUT2D eigenvalue weighted by Gasteiger charge is 2.14. The quantitative estimate of drug-likeness (QED) is 0.760. The molecule has 0 aliphatic rings. The molecule has 2 rings (SSSR count). The Kier molecular flexibility index (Phi) is 5.20. The number of halogens is 4. The van der Waals surface area contributed by atoms with Crippen molar-refractivity contribution in [2.45, 2.75) is 25.9 Å². The van der Waals surface area contributed by atoms with E-state index in [1.165, 1.54) is 6.07 Å². The van der Waals surface area contributed by atoms with Gasteiger partial charge in [-0.25, -0.2) is 8.78 Å². The van der Waals surface area contributed by atoms with E-state index in [2.05, 4.69) is 5.32 Å². The predicted molar refractivity (Wildman–Crippen MR) is 82.8 cm³/mol. The predicted octanol–water partition coefficient (Wildman–Crippen LogP) is 5.68. The van der Waals surface area contributed by atoms with Crippen molar-refractivity contribution in [1.82, 2.24) is 5.32 Å². The molecular weight excluding hydrogens is 315 g/mol. The van der Waals surface area contributed by atoms with Crippen molar-refractivity contribution in [3.63, 3.8) is 0 Å². The standard InChI is InChI=1S/C16H15Cl2F2N/c1-9(11-3-5-13(17)14(18)7-11)21-10(2)12-4-6-15(19)16(20)8-12/h3-10,21H,1-2H3. The van der Waals surface area contributed by atoms with Crippen LogP contribution >= 0.6 is 23.2 Å². The summed E-state index contributed by atoms with van der Waals surface area (Å²) in [6, 6.07) is 9.16. The molecule has 5 heteroatoms. The van der Waals surface area contributed by atoms with E-state index in [0.717, 1.165) is 11.6 Å². The van der Waals surface area contributed by atoms with E-state index in [0.29, 0.717) is 15.6 Å². The summed E-state index contributed by atoms with van der Waals surface area (Å²) >= 11 is 11.9. The van der Waals surface area contributed by atoms with E-state index >= 15 is 0 Å². The highest BCUT2D eigenvalue weighted by molar-refractivity contribution is 6.42. The minimum atomic E-state index is -0.844. The van der Waals surface area contributed by atoms with Crippen LogP contribution in [-0.4, -0.2) is 0 Å². The Bertz CT molecular complexity index is 591. The highest BCUT2D eigenvalue weighted by atomic mass is 35.5. The van der Waals surface area contributed by atoms with Gasteiger partial charge in [-0.2, -0.15) is 0 Å². The summed E-state index contributed by atoms with van der Waals surface area (Å²) in [5.74, 6) is -1.69. The Balaban J connectivity index is 2.12. The molecule has 2 aromatic rings. The van der Waals surface area contributed by atoms with Crippen LogP contribution in [0.3, 0.4) is 0 Å². The molecule has 2 atom stereocenters. The van der Waals surface area contributed by atoms with Crippen LogP contribution in [0.4, 0.5) is 8.78 Å². The maximum Gasteiger partial charge on any atom is 0.159 e. The molecule has 0 aromatic heterocycles. The van der Waals surface area contributed by atoms with Gasteiger partial charge in [-0.15, -0.1) is 0 Å². The molecular formula is C16H15Cl2F2N. The Labute approximate surface area is 132 Å². The lowest BCUT2D eigenvalue weighted by molar-refractivity contribution is 0.480. The Morgan fingerprint density at radius 2 is 1.38 bits per heavy atom. The lowest BCUT2D eigenvalue weighted by Crippen LogP contribution is -2.22. The van der Waals surface area contributed by atoms with Gasteiger partial charge in [0.2, 0.25) is 0 Å². The van der Waals surface area contributed by atoms with Crippen LogP contribution in [0.1, 0.15) is 37.1 Å². The van der Waals surface area contributed by atoms with E-state index in [4.69, 9.17) is 23.2 Å². The van der Waals surface area contributed by atoms with Gasteiger partial charge in [0.15, 0.2) is 11.6 Å². The third-order valence-electron chi connectivity index (χ3n) is 3.39. The molecule has 112 valence electrons. The second-order valence-corrected chi connectivity index (χ2v) is 5.77. The molecule has 2 unspecified atom stereocenters. The molecule has 0 bridgehead atoms. The Morgan fingerprint density at radius 3 is 1.95 bits per heavy atom. The van der Waals surface area contributed by atoms with Crippen LogP contribution in [0.2, 0.25) is 10.0 Å². The SMILES string of the molecule is CC(NC(C)c1ccc(Cl)c(Cl)c1)c1ccc(F)c(F)c1. The highest BCUT2D eigenvalue weighted by Crippen LogP contribution is 2.27. The third kappa shape index (κ3) is 3.94. The van der Waals surface area contributed by atoms with Crippen molar-refractivity contribution in [3.8, 4) is 0 Å². The molecule has 1 N–H and O–H groups in total. The summed E-state index contributed by atoms with van der Waals surface area (Å²) in [6.45, 7) is 3.86. The maximum atomic E-state index is 13.3. The molecule has 0 heterocycles. The Hall–Kier alpha value is -1.16. The lowest BCUT2D eigenvalue weighted by Gasteiger charge is -2.21. The fourth-order valence-electron chi connectivity index (χ4n) is 2.13. The van der Waals surface area contributed by atoms with Crippen molar-refractivity contribution >= 4 is 23.2 Å². The van der Waals surface area contributed by atoms with E-state index < -0.39 is 11.6 Å². The molecule has 0 saturated carbocycles. The van der Waals surface area contributed by atoms with Crippen LogP contribution in [0.15, 0.2) is 36.4 Å². The number of benzene rings is 2. The van der Waals surface area contributed by atoms with Gasteiger partial charge < -0.3 is 5.32 Å². The normalized spacial score (nSPS) is 14.0. The van der Waals surface area contributed by atoms with Crippen LogP contribution < -0.4 is 5.32 Å². The van der Waals surface area contributed by atoms with E-state index in [1.54, 1.807) is 18.2 Å². The smallest absolute Gasteiger partial charge is 0.159 e. The maximum absolute atomic E-state index is 13.3. The monoisotopic (exact) mass is 329 g/mol. The number of nitrogens with one attached hydrogen (secondary N) is 1. The molecule has 0 amide bonds. The van der Waals surface area contributed by atoms with Gasteiger partial charge in [0.05, 0.1) is 10.0 Å². The molecule has 1 nitrogen and oxygen atoms in total. The van der Waals surface area contributed by atoms with Crippen molar-refractivity contribution in [2.24, 2.45) is 0 Å². The molecule has 2 aromatic carbocycles. The summed E-state index contributed by atoms with van der Waals surface area (Å²) in [6.07, 6.45) is 0. The molecule has 21 heavy (non-hydrogen) atoms. The second kappa shape index (κ2) is 6.73. The largest absolute Gasteiger partial charge is 0.304 e. The average Bonchev–Trinajstić information content (AvgIpc) is 2.44. The van der Waals surface area contributed by atoms with Crippen molar-refractivity contribution in [1.29, 1.82) is 0 Å². The first-order valence-electron chi connectivity index (χ1n) is 6.54. The fraction of sp³-hybridized carbons (Fsp3) is 0.250. The first kappa shape index (κ1) is 16.2. The molecule has 0 radical (unpaired) electrons. The van der Waals surface area contributed by atoms with Gasteiger partial charge in [0.1, 0.15) is 0 Å². The molecule has 0 saturated heterocycles. The first-order valence-corrected chi connectivity index (χ1v) is 7.30. The van der Waals surface area contributed by atoms with Crippen LogP contribution in [-0.2, 0) is 0 Å². The van der Waals surface area contributed by atoms with Crippen LogP contribution in [0.5, 0.6) is 0 Å².